The van der Waals surface area contributed by atoms with E-state index < -0.39 is 0 Å². The number of hydrogen-bond donors (Lipinski definition) is 1. The molecule has 3 heteroatoms. The molecule has 1 aliphatic rings. The highest BCUT2D eigenvalue weighted by atomic mass is 16.3. The number of likely N-dealkylation sites (tertiary alicyclic amines) is 1. The fourth-order valence-electron chi connectivity index (χ4n) is 2.40. The Hall–Kier alpha value is -0.120. The van der Waals surface area contributed by atoms with Crippen molar-refractivity contribution in [1.82, 2.24) is 9.80 Å². The van der Waals surface area contributed by atoms with Crippen molar-refractivity contribution in [1.29, 1.82) is 0 Å². The number of nitrogens with zero attached hydrogens (tertiary/aromatic N) is 2. The van der Waals surface area contributed by atoms with E-state index in [0.29, 0.717) is 6.04 Å². The predicted molar refractivity (Wildman–Crippen MR) is 59.4 cm³/mol. The van der Waals surface area contributed by atoms with Crippen LogP contribution < -0.4 is 0 Å². The van der Waals surface area contributed by atoms with Gasteiger partial charge in [-0.1, -0.05) is 6.92 Å². The molecule has 1 N–H and O–H groups in total. The van der Waals surface area contributed by atoms with Crippen LogP contribution in [0.3, 0.4) is 0 Å². The van der Waals surface area contributed by atoms with E-state index in [1.165, 1.54) is 19.4 Å². The molecule has 0 bridgehead atoms. The van der Waals surface area contributed by atoms with Gasteiger partial charge in [-0.25, -0.2) is 0 Å². The molecule has 0 saturated carbocycles. The van der Waals surface area contributed by atoms with Crippen LogP contribution in [0.1, 0.15) is 26.7 Å². The van der Waals surface area contributed by atoms with E-state index in [-0.39, 0.29) is 6.10 Å². The highest BCUT2D eigenvalue weighted by molar-refractivity contribution is 4.80. The molecule has 1 heterocycles. The van der Waals surface area contributed by atoms with Gasteiger partial charge in [0.1, 0.15) is 0 Å². The van der Waals surface area contributed by atoms with Gasteiger partial charge in [0.2, 0.25) is 0 Å². The summed E-state index contributed by atoms with van der Waals surface area (Å²) in [6.07, 6.45) is 2.44. The maximum Gasteiger partial charge on any atom is 0.0638 e. The van der Waals surface area contributed by atoms with Crippen LogP contribution in [0.25, 0.3) is 0 Å². The Balaban J connectivity index is 2.28. The molecule has 2 unspecified atom stereocenters. The largest absolute Gasteiger partial charge is 0.392 e. The minimum absolute atomic E-state index is 0.212. The summed E-state index contributed by atoms with van der Waals surface area (Å²) in [7, 11) is 2.10. The highest BCUT2D eigenvalue weighted by Crippen LogP contribution is 2.17. The van der Waals surface area contributed by atoms with Crippen molar-refractivity contribution in [3.63, 3.8) is 0 Å². The number of likely N-dealkylation sites (N-methyl/N-ethyl adjacent to an activating group) is 2. The van der Waals surface area contributed by atoms with Crippen LogP contribution in [-0.2, 0) is 0 Å². The average molecular weight is 200 g/mol. The van der Waals surface area contributed by atoms with Crippen LogP contribution in [0.15, 0.2) is 0 Å². The van der Waals surface area contributed by atoms with E-state index in [2.05, 4.69) is 23.8 Å². The van der Waals surface area contributed by atoms with E-state index in [1.807, 2.05) is 6.92 Å². The second-order valence-corrected chi connectivity index (χ2v) is 4.49. The van der Waals surface area contributed by atoms with Crippen molar-refractivity contribution < 1.29 is 5.11 Å². The summed E-state index contributed by atoms with van der Waals surface area (Å²) in [6.45, 7) is 8.37. The lowest BCUT2D eigenvalue weighted by Gasteiger charge is -2.28. The van der Waals surface area contributed by atoms with Crippen molar-refractivity contribution in [3.8, 4) is 0 Å². The predicted octanol–water partition coefficient (Wildman–Crippen LogP) is 0.783. The monoisotopic (exact) mass is 200 g/mol. The third kappa shape index (κ3) is 3.56. The summed E-state index contributed by atoms with van der Waals surface area (Å²) in [6, 6.07) is 0.712. The molecule has 1 aliphatic heterocycles. The van der Waals surface area contributed by atoms with Crippen LogP contribution in [0, 0.1) is 0 Å². The first-order valence-corrected chi connectivity index (χ1v) is 5.74. The first kappa shape index (κ1) is 12.0. The van der Waals surface area contributed by atoms with Gasteiger partial charge >= 0.3 is 0 Å². The van der Waals surface area contributed by atoms with Gasteiger partial charge in [-0.15, -0.1) is 0 Å². The van der Waals surface area contributed by atoms with Crippen molar-refractivity contribution in [2.24, 2.45) is 0 Å². The van der Waals surface area contributed by atoms with E-state index in [1.54, 1.807) is 0 Å². The summed E-state index contributed by atoms with van der Waals surface area (Å²) in [5.41, 5.74) is 0. The van der Waals surface area contributed by atoms with Crippen molar-refractivity contribution >= 4 is 0 Å². The molecule has 0 aliphatic carbocycles. The summed E-state index contributed by atoms with van der Waals surface area (Å²) in [4.78, 5) is 4.78. The van der Waals surface area contributed by atoms with E-state index in [9.17, 15) is 5.11 Å². The lowest BCUT2D eigenvalue weighted by Crippen LogP contribution is -2.40. The van der Waals surface area contributed by atoms with Crippen LogP contribution in [-0.4, -0.2) is 60.3 Å². The Kier molecular flexibility index (Phi) is 4.85. The third-order valence-corrected chi connectivity index (χ3v) is 3.00. The molecule has 1 saturated heterocycles. The van der Waals surface area contributed by atoms with Crippen molar-refractivity contribution in [2.75, 3.05) is 33.2 Å². The van der Waals surface area contributed by atoms with E-state index >= 15 is 0 Å². The van der Waals surface area contributed by atoms with Gasteiger partial charge in [-0.2, -0.15) is 0 Å². The Morgan fingerprint density at radius 2 is 2.29 bits per heavy atom. The quantitative estimate of drug-likeness (QED) is 0.710. The molecule has 0 amide bonds. The molecule has 14 heavy (non-hydrogen) atoms. The Morgan fingerprint density at radius 3 is 2.86 bits per heavy atom. The maximum absolute atomic E-state index is 9.26. The van der Waals surface area contributed by atoms with Gasteiger partial charge in [0.05, 0.1) is 6.10 Å². The Labute approximate surface area is 87.7 Å². The van der Waals surface area contributed by atoms with Gasteiger partial charge < -0.3 is 10.0 Å². The second kappa shape index (κ2) is 5.69. The van der Waals surface area contributed by atoms with Crippen LogP contribution in [0.2, 0.25) is 0 Å². The van der Waals surface area contributed by atoms with Gasteiger partial charge in [-0.05, 0) is 39.9 Å². The molecule has 0 aromatic rings. The van der Waals surface area contributed by atoms with Crippen molar-refractivity contribution in [2.45, 2.75) is 38.8 Å². The molecule has 0 aromatic heterocycles. The average Bonchev–Trinajstić information content (AvgIpc) is 2.50. The lowest BCUT2D eigenvalue weighted by molar-refractivity contribution is 0.121. The summed E-state index contributed by atoms with van der Waals surface area (Å²) in [5, 5.41) is 9.26. The minimum atomic E-state index is -0.212. The number of aliphatic hydroxyl groups is 1. The standard InChI is InChI=1S/C11H24N2O/c1-4-13-7-5-6-11(13)9-12(3)8-10(2)14/h10-11,14H,4-9H2,1-3H3. The molecule has 84 valence electrons. The fraction of sp³-hybridized carbons (Fsp3) is 1.00. The van der Waals surface area contributed by atoms with Gasteiger partial charge in [0.15, 0.2) is 0 Å². The number of rotatable bonds is 5. The smallest absolute Gasteiger partial charge is 0.0638 e. The molecule has 1 fully saturated rings. The zero-order chi connectivity index (χ0) is 10.6. The van der Waals surface area contributed by atoms with Gasteiger partial charge in [0, 0.05) is 19.1 Å². The molecule has 1 rings (SSSR count). The lowest BCUT2D eigenvalue weighted by atomic mass is 10.2. The third-order valence-electron chi connectivity index (χ3n) is 3.00. The molecule has 0 radical (unpaired) electrons. The first-order valence-electron chi connectivity index (χ1n) is 5.74. The minimum Gasteiger partial charge on any atom is -0.392 e. The Bertz CT molecular complexity index is 161. The normalized spacial score (nSPS) is 25.9. The highest BCUT2D eigenvalue weighted by Gasteiger charge is 2.23. The molecule has 2 atom stereocenters. The summed E-state index contributed by atoms with van der Waals surface area (Å²) < 4.78 is 0. The number of hydrogen-bond acceptors (Lipinski definition) is 3. The van der Waals surface area contributed by atoms with Crippen LogP contribution >= 0.6 is 0 Å². The molecular formula is C11H24N2O. The van der Waals surface area contributed by atoms with Crippen LogP contribution in [0.5, 0.6) is 0 Å². The zero-order valence-corrected chi connectivity index (χ0v) is 9.74. The Morgan fingerprint density at radius 1 is 1.57 bits per heavy atom. The van der Waals surface area contributed by atoms with Gasteiger partial charge in [0.25, 0.3) is 0 Å². The topological polar surface area (TPSA) is 26.7 Å². The van der Waals surface area contributed by atoms with Crippen LogP contribution in [0.4, 0.5) is 0 Å². The SMILES string of the molecule is CCN1CCCC1CN(C)CC(C)O. The number of aliphatic hydroxyl groups excluding tert-OH is 1. The summed E-state index contributed by atoms with van der Waals surface area (Å²) in [5.74, 6) is 0. The zero-order valence-electron chi connectivity index (χ0n) is 9.74. The fourth-order valence-corrected chi connectivity index (χ4v) is 2.40. The maximum atomic E-state index is 9.26. The first-order chi connectivity index (χ1) is 6.63. The van der Waals surface area contributed by atoms with Crippen molar-refractivity contribution in [3.05, 3.63) is 0 Å². The van der Waals surface area contributed by atoms with E-state index in [4.69, 9.17) is 0 Å². The molecular weight excluding hydrogens is 176 g/mol. The molecule has 0 aromatic carbocycles. The molecule has 3 nitrogen and oxygen atoms in total. The second-order valence-electron chi connectivity index (χ2n) is 4.49. The van der Waals surface area contributed by atoms with E-state index in [0.717, 1.165) is 19.6 Å². The summed E-state index contributed by atoms with van der Waals surface area (Å²) >= 11 is 0. The van der Waals surface area contributed by atoms with Gasteiger partial charge in [-0.3, -0.25) is 4.90 Å². The molecule has 0 spiro atoms.